The average molecular weight is 479 g/mol. The van der Waals surface area contributed by atoms with Crippen molar-refractivity contribution in [3.05, 3.63) is 65.2 Å². The zero-order valence-corrected chi connectivity index (χ0v) is 19.3. The van der Waals surface area contributed by atoms with E-state index < -0.39 is 5.56 Å². The van der Waals surface area contributed by atoms with Crippen molar-refractivity contribution in [3.8, 4) is 11.5 Å². The van der Waals surface area contributed by atoms with Crippen molar-refractivity contribution in [2.45, 2.75) is 49.9 Å². The summed E-state index contributed by atoms with van der Waals surface area (Å²) in [7, 11) is 0. The topological polar surface area (TPSA) is 125 Å². The minimum absolute atomic E-state index is 0.293. The summed E-state index contributed by atoms with van der Waals surface area (Å²) < 4.78 is 5.53. The third kappa shape index (κ3) is 5.46. The zero-order chi connectivity index (χ0) is 23.3. The largest absolute Gasteiger partial charge is 0.463 e. The van der Waals surface area contributed by atoms with Crippen LogP contribution >= 0.6 is 11.8 Å². The molecule has 1 aliphatic carbocycles. The fourth-order valence-electron chi connectivity index (χ4n) is 4.24. The summed E-state index contributed by atoms with van der Waals surface area (Å²) in [6.07, 6.45) is 10.9. The fourth-order valence-corrected chi connectivity index (χ4v) is 5.00. The van der Waals surface area contributed by atoms with Crippen molar-refractivity contribution in [1.29, 1.82) is 0 Å². The van der Waals surface area contributed by atoms with Crippen molar-refractivity contribution in [2.75, 3.05) is 5.32 Å². The number of furan rings is 1. The quantitative estimate of drug-likeness (QED) is 0.379. The van der Waals surface area contributed by atoms with Gasteiger partial charge in [-0.25, -0.2) is 9.97 Å². The minimum atomic E-state index is -0.906. The predicted octanol–water partition coefficient (Wildman–Crippen LogP) is 3.12. The Morgan fingerprint density at radius 2 is 1.97 bits per heavy atom. The molecule has 5 rings (SSSR count). The Kier molecular flexibility index (Phi) is 6.89. The molecule has 176 valence electrons. The number of anilines is 1. The molecule has 4 heterocycles. The van der Waals surface area contributed by atoms with E-state index >= 15 is 0 Å². The normalized spacial score (nSPS) is 23.7. The van der Waals surface area contributed by atoms with E-state index in [1.165, 1.54) is 0 Å². The van der Waals surface area contributed by atoms with Crippen LogP contribution < -0.4 is 16.0 Å². The summed E-state index contributed by atoms with van der Waals surface area (Å²) >= 11 is 1.07. The van der Waals surface area contributed by atoms with Crippen molar-refractivity contribution >= 4 is 29.7 Å². The molecule has 0 aromatic carbocycles. The maximum Gasteiger partial charge on any atom is 0.260 e. The molecule has 1 unspecified atom stereocenters. The van der Waals surface area contributed by atoms with Gasteiger partial charge in [0, 0.05) is 31.0 Å². The van der Waals surface area contributed by atoms with Crippen molar-refractivity contribution in [3.63, 3.8) is 0 Å². The number of hydrogen-bond acceptors (Lipinski definition) is 9. The Hall–Kier alpha value is -3.21. The summed E-state index contributed by atoms with van der Waals surface area (Å²) in [6, 6.07) is 10.3. The highest BCUT2D eigenvalue weighted by Gasteiger charge is 2.25. The second kappa shape index (κ2) is 10.4. The molecule has 0 spiro atoms. The predicted molar refractivity (Wildman–Crippen MR) is 130 cm³/mol. The van der Waals surface area contributed by atoms with E-state index in [4.69, 9.17) is 4.42 Å². The van der Waals surface area contributed by atoms with E-state index in [9.17, 15) is 9.90 Å². The van der Waals surface area contributed by atoms with E-state index in [1.807, 2.05) is 18.2 Å². The van der Waals surface area contributed by atoms with Gasteiger partial charge in [-0.3, -0.25) is 9.78 Å². The van der Waals surface area contributed by atoms with E-state index in [1.54, 1.807) is 30.8 Å². The Labute approximate surface area is 201 Å². The molecular weight excluding hydrogens is 452 g/mol. The molecule has 4 N–H and O–H groups in total. The summed E-state index contributed by atoms with van der Waals surface area (Å²) in [6.45, 7) is 0.743. The maximum atomic E-state index is 11.8. The van der Waals surface area contributed by atoms with Crippen LogP contribution in [0.5, 0.6) is 0 Å². The second-order valence-electron chi connectivity index (χ2n) is 8.32. The number of hydrogen-bond donors (Lipinski definition) is 4. The lowest BCUT2D eigenvalue weighted by Gasteiger charge is -2.30. The molecule has 0 bridgehead atoms. The number of nitrogens with zero attached hydrogens (tertiary/aromatic N) is 3. The molecule has 2 aliphatic rings. The van der Waals surface area contributed by atoms with E-state index in [0.717, 1.165) is 61.0 Å². The Morgan fingerprint density at radius 3 is 2.74 bits per heavy atom. The first-order valence-corrected chi connectivity index (χ1v) is 12.2. The number of amides is 1. The Bertz CT molecular complexity index is 1160. The van der Waals surface area contributed by atoms with Crippen LogP contribution in [0, 0.1) is 0 Å². The van der Waals surface area contributed by atoms with Gasteiger partial charge in [0.15, 0.2) is 11.3 Å². The lowest BCUT2D eigenvalue weighted by atomic mass is 9.91. The zero-order valence-electron chi connectivity index (χ0n) is 18.5. The van der Waals surface area contributed by atoms with Crippen molar-refractivity contribution in [1.82, 2.24) is 25.6 Å². The second-order valence-corrected chi connectivity index (χ2v) is 9.44. The fraction of sp³-hybridized carbons (Fsp3) is 0.333. The van der Waals surface area contributed by atoms with Crippen molar-refractivity contribution < 1.29 is 14.3 Å². The molecule has 1 amide bonds. The summed E-state index contributed by atoms with van der Waals surface area (Å²) in [5.74, 6) is 1.04. The summed E-state index contributed by atoms with van der Waals surface area (Å²) in [5.41, 5.74) is 1.73. The average Bonchev–Trinajstić information content (AvgIpc) is 3.49. The van der Waals surface area contributed by atoms with Gasteiger partial charge in [-0.1, -0.05) is 17.8 Å². The lowest BCUT2D eigenvalue weighted by molar-refractivity contribution is -0.117. The number of aliphatic hydroxyl groups excluding tert-OH is 1. The maximum absolute atomic E-state index is 11.8. The van der Waals surface area contributed by atoms with Gasteiger partial charge in [0.25, 0.3) is 5.91 Å². The number of aromatic nitrogens is 3. The molecule has 9 nitrogen and oxygen atoms in total. The molecule has 3 aromatic rings. The molecule has 1 atom stereocenters. The van der Waals surface area contributed by atoms with Crippen LogP contribution in [0.1, 0.15) is 36.9 Å². The first kappa shape index (κ1) is 22.6. The van der Waals surface area contributed by atoms with Crippen LogP contribution in [0.15, 0.2) is 58.3 Å². The molecular formula is C24H26N6O3S. The number of carbonyl (C=O) groups is 1. The van der Waals surface area contributed by atoms with Crippen molar-refractivity contribution in [2.24, 2.45) is 0 Å². The number of thioether (sulfide) groups is 1. The third-order valence-electron chi connectivity index (χ3n) is 5.96. The molecule has 3 aromatic heterocycles. The SMILES string of the molecule is O=C1NC(O)S/C1=C\c1ccnc(N[C@H]2CC[C@H](NCc3cccnc3-c3ccco3)CC2)n1. The van der Waals surface area contributed by atoms with Crippen LogP contribution in [0.2, 0.25) is 0 Å². The summed E-state index contributed by atoms with van der Waals surface area (Å²) in [5, 5.41) is 19.1. The lowest BCUT2D eigenvalue weighted by Crippen LogP contribution is -2.37. The monoisotopic (exact) mass is 478 g/mol. The standard InChI is InChI=1S/C24H26N6O3S/c31-22-20(34-24(32)30-22)13-18-9-11-26-23(29-18)28-17-7-5-16(6-8-17)27-14-15-3-1-10-25-21(15)19-4-2-12-33-19/h1-4,9-13,16-17,24,27,32H,5-8,14H2,(H,30,31)(H,26,28,29)/b20-13-/t16-,17-,24?. The van der Waals surface area contributed by atoms with Crippen LogP contribution in [0.4, 0.5) is 5.95 Å². The molecule has 10 heteroatoms. The highest BCUT2D eigenvalue weighted by atomic mass is 32.2. The number of rotatable bonds is 7. The van der Waals surface area contributed by atoms with Crippen LogP contribution in [-0.2, 0) is 11.3 Å². The first-order chi connectivity index (χ1) is 16.6. The Balaban J connectivity index is 1.13. The Morgan fingerprint density at radius 1 is 1.12 bits per heavy atom. The van der Waals surface area contributed by atoms with Gasteiger partial charge >= 0.3 is 0 Å². The highest BCUT2D eigenvalue weighted by molar-refractivity contribution is 8.05. The van der Waals surface area contributed by atoms with Gasteiger partial charge in [0.2, 0.25) is 5.95 Å². The highest BCUT2D eigenvalue weighted by Crippen LogP contribution is 2.28. The number of aliphatic hydroxyl groups is 1. The van der Waals surface area contributed by atoms with E-state index in [0.29, 0.717) is 28.6 Å². The number of nitrogens with one attached hydrogen (secondary N) is 3. The van der Waals surface area contributed by atoms with Crippen LogP contribution in [-0.4, -0.2) is 43.6 Å². The molecule has 34 heavy (non-hydrogen) atoms. The van der Waals surface area contributed by atoms with Crippen LogP contribution in [0.3, 0.4) is 0 Å². The molecule has 2 fully saturated rings. The van der Waals surface area contributed by atoms with Crippen LogP contribution in [0.25, 0.3) is 17.5 Å². The molecule has 1 saturated carbocycles. The van der Waals surface area contributed by atoms with Gasteiger partial charge < -0.3 is 25.5 Å². The molecule has 1 saturated heterocycles. The smallest absolute Gasteiger partial charge is 0.260 e. The van der Waals surface area contributed by atoms with Gasteiger partial charge in [0.1, 0.15) is 5.69 Å². The van der Waals surface area contributed by atoms with Gasteiger partial charge in [-0.05, 0) is 61.6 Å². The molecule has 0 radical (unpaired) electrons. The summed E-state index contributed by atoms with van der Waals surface area (Å²) in [4.78, 5) is 25.6. The minimum Gasteiger partial charge on any atom is -0.463 e. The third-order valence-corrected chi connectivity index (χ3v) is 6.86. The number of carbonyl (C=O) groups excluding carboxylic acids is 1. The van der Waals surface area contributed by atoms with E-state index in [-0.39, 0.29) is 5.91 Å². The van der Waals surface area contributed by atoms with Gasteiger partial charge in [0.05, 0.1) is 16.9 Å². The first-order valence-electron chi connectivity index (χ1n) is 11.3. The van der Waals surface area contributed by atoms with Gasteiger partial charge in [-0.2, -0.15) is 0 Å². The van der Waals surface area contributed by atoms with Gasteiger partial charge in [-0.15, -0.1) is 0 Å². The molecule has 1 aliphatic heterocycles. The number of pyridine rings is 1. The van der Waals surface area contributed by atoms with E-state index in [2.05, 4.69) is 37.0 Å².